The third kappa shape index (κ3) is 1.67. The molecular formula is C10H13NO2S. The van der Waals surface area contributed by atoms with Crippen molar-refractivity contribution in [3.8, 4) is 0 Å². The Labute approximate surface area is 87.0 Å². The maximum atomic E-state index is 10.8. The van der Waals surface area contributed by atoms with Crippen LogP contribution in [0, 0.1) is 5.92 Å². The van der Waals surface area contributed by atoms with Gasteiger partial charge in [0.15, 0.2) is 0 Å². The molecule has 1 N–H and O–H groups in total. The fourth-order valence-corrected chi connectivity index (χ4v) is 2.90. The summed E-state index contributed by atoms with van der Waals surface area (Å²) < 4.78 is 0. The van der Waals surface area contributed by atoms with Gasteiger partial charge in [-0.25, -0.2) is 0 Å². The first-order valence-electron chi connectivity index (χ1n) is 4.65. The molecule has 1 aromatic heterocycles. The molecule has 0 bridgehead atoms. The van der Waals surface area contributed by atoms with Crippen LogP contribution in [-0.4, -0.2) is 29.6 Å². The zero-order valence-corrected chi connectivity index (χ0v) is 8.83. The van der Waals surface area contributed by atoms with Gasteiger partial charge >= 0.3 is 5.97 Å². The molecule has 0 saturated carbocycles. The number of nitrogens with zero attached hydrogens (tertiary/aromatic N) is 1. The van der Waals surface area contributed by atoms with Crippen molar-refractivity contribution in [2.75, 3.05) is 13.6 Å². The number of likely N-dealkylation sites (tertiary alicyclic amines) is 1. The number of carboxylic acid groups (broad SMARTS) is 1. The highest BCUT2D eigenvalue weighted by atomic mass is 32.1. The first kappa shape index (κ1) is 9.68. The molecule has 1 aliphatic rings. The van der Waals surface area contributed by atoms with Gasteiger partial charge in [-0.2, -0.15) is 0 Å². The van der Waals surface area contributed by atoms with Gasteiger partial charge in [0.05, 0.1) is 5.92 Å². The van der Waals surface area contributed by atoms with Crippen LogP contribution in [0.1, 0.15) is 17.3 Å². The average molecular weight is 211 g/mol. The van der Waals surface area contributed by atoms with Gasteiger partial charge in [-0.05, 0) is 24.9 Å². The zero-order chi connectivity index (χ0) is 10.1. The number of aliphatic carboxylic acids is 1. The summed E-state index contributed by atoms with van der Waals surface area (Å²) in [5, 5.41) is 11.0. The van der Waals surface area contributed by atoms with E-state index in [1.165, 1.54) is 4.88 Å². The number of carboxylic acids is 1. The van der Waals surface area contributed by atoms with E-state index in [0.29, 0.717) is 12.6 Å². The van der Waals surface area contributed by atoms with E-state index in [9.17, 15) is 4.79 Å². The molecule has 76 valence electrons. The number of carbonyl (C=O) groups is 1. The standard InChI is InChI=1S/C10H13NO2S/c1-11-6-7(10(12)13)5-8(11)9-3-2-4-14-9/h2-4,7-8H,5-6H2,1H3,(H,12,13). The number of rotatable bonds is 2. The highest BCUT2D eigenvalue weighted by molar-refractivity contribution is 7.10. The van der Waals surface area contributed by atoms with Gasteiger partial charge in [0.2, 0.25) is 0 Å². The van der Waals surface area contributed by atoms with Crippen molar-refractivity contribution in [1.29, 1.82) is 0 Å². The van der Waals surface area contributed by atoms with E-state index in [0.717, 1.165) is 6.42 Å². The van der Waals surface area contributed by atoms with Gasteiger partial charge in [-0.15, -0.1) is 11.3 Å². The first-order chi connectivity index (χ1) is 6.68. The molecule has 1 aliphatic heterocycles. The van der Waals surface area contributed by atoms with Crippen molar-refractivity contribution < 1.29 is 9.90 Å². The van der Waals surface area contributed by atoms with Gasteiger partial charge in [0.25, 0.3) is 0 Å². The van der Waals surface area contributed by atoms with Gasteiger partial charge in [0.1, 0.15) is 0 Å². The van der Waals surface area contributed by atoms with Crippen molar-refractivity contribution in [2.45, 2.75) is 12.5 Å². The van der Waals surface area contributed by atoms with Crippen LogP contribution in [0.5, 0.6) is 0 Å². The van der Waals surface area contributed by atoms with Gasteiger partial charge in [-0.1, -0.05) is 6.07 Å². The van der Waals surface area contributed by atoms with E-state index in [-0.39, 0.29) is 5.92 Å². The molecule has 2 atom stereocenters. The van der Waals surface area contributed by atoms with Crippen LogP contribution >= 0.6 is 11.3 Å². The summed E-state index contributed by atoms with van der Waals surface area (Å²) in [4.78, 5) is 14.2. The Balaban J connectivity index is 2.12. The molecule has 0 amide bonds. The van der Waals surface area contributed by atoms with Crippen molar-refractivity contribution >= 4 is 17.3 Å². The molecule has 1 aromatic rings. The highest BCUT2D eigenvalue weighted by Crippen LogP contribution is 2.36. The fraction of sp³-hybridized carbons (Fsp3) is 0.500. The lowest BCUT2D eigenvalue weighted by molar-refractivity contribution is -0.141. The molecule has 1 saturated heterocycles. The molecule has 4 heteroatoms. The average Bonchev–Trinajstić information content (AvgIpc) is 2.71. The minimum absolute atomic E-state index is 0.202. The Bertz CT molecular complexity index is 323. The monoisotopic (exact) mass is 211 g/mol. The number of hydrogen-bond donors (Lipinski definition) is 1. The molecule has 0 radical (unpaired) electrons. The van der Waals surface area contributed by atoms with E-state index in [1.54, 1.807) is 11.3 Å². The van der Waals surface area contributed by atoms with Crippen LogP contribution in [-0.2, 0) is 4.79 Å². The van der Waals surface area contributed by atoms with E-state index in [4.69, 9.17) is 5.11 Å². The summed E-state index contributed by atoms with van der Waals surface area (Å²) in [5.41, 5.74) is 0. The van der Waals surface area contributed by atoms with E-state index >= 15 is 0 Å². The molecule has 2 rings (SSSR count). The van der Waals surface area contributed by atoms with Crippen LogP contribution in [0.15, 0.2) is 17.5 Å². The van der Waals surface area contributed by atoms with E-state index in [2.05, 4.69) is 11.0 Å². The smallest absolute Gasteiger partial charge is 0.307 e. The van der Waals surface area contributed by atoms with Crippen LogP contribution in [0.2, 0.25) is 0 Å². The SMILES string of the molecule is CN1CC(C(=O)O)CC1c1cccs1. The van der Waals surface area contributed by atoms with Crippen molar-refractivity contribution in [3.05, 3.63) is 22.4 Å². The Kier molecular flexibility index (Phi) is 2.56. The summed E-state index contributed by atoms with van der Waals surface area (Å²) in [5.74, 6) is -0.872. The third-order valence-corrected chi connectivity index (χ3v) is 3.74. The second-order valence-electron chi connectivity index (χ2n) is 3.74. The maximum Gasteiger partial charge on any atom is 0.307 e. The summed E-state index contributed by atoms with van der Waals surface area (Å²) >= 11 is 1.70. The lowest BCUT2D eigenvalue weighted by Gasteiger charge is -2.16. The summed E-state index contributed by atoms with van der Waals surface area (Å²) in [7, 11) is 1.99. The fourth-order valence-electron chi connectivity index (χ4n) is 1.99. The summed E-state index contributed by atoms with van der Waals surface area (Å²) in [6.45, 7) is 0.665. The third-order valence-electron chi connectivity index (χ3n) is 2.77. The Morgan fingerprint density at radius 2 is 2.50 bits per heavy atom. The molecular weight excluding hydrogens is 198 g/mol. The second kappa shape index (κ2) is 3.71. The Hall–Kier alpha value is -0.870. The summed E-state index contributed by atoms with van der Waals surface area (Å²) in [6, 6.07) is 4.40. The lowest BCUT2D eigenvalue weighted by Crippen LogP contribution is -2.20. The topological polar surface area (TPSA) is 40.5 Å². The van der Waals surface area contributed by atoms with E-state index in [1.807, 2.05) is 18.5 Å². The predicted molar refractivity (Wildman–Crippen MR) is 55.4 cm³/mol. The normalized spacial score (nSPS) is 28.1. The second-order valence-corrected chi connectivity index (χ2v) is 4.72. The Morgan fingerprint density at radius 1 is 1.71 bits per heavy atom. The molecule has 2 heterocycles. The highest BCUT2D eigenvalue weighted by Gasteiger charge is 2.34. The molecule has 2 unspecified atom stereocenters. The van der Waals surface area contributed by atoms with Gasteiger partial charge in [0, 0.05) is 17.5 Å². The van der Waals surface area contributed by atoms with Crippen LogP contribution in [0.4, 0.5) is 0 Å². The predicted octanol–water partition coefficient (Wildman–Crippen LogP) is 1.83. The minimum atomic E-state index is -0.670. The lowest BCUT2D eigenvalue weighted by atomic mass is 10.1. The van der Waals surface area contributed by atoms with Crippen molar-refractivity contribution in [1.82, 2.24) is 4.90 Å². The van der Waals surface area contributed by atoms with Crippen molar-refractivity contribution in [2.24, 2.45) is 5.92 Å². The van der Waals surface area contributed by atoms with Crippen LogP contribution in [0.3, 0.4) is 0 Å². The molecule has 0 aromatic carbocycles. The molecule has 14 heavy (non-hydrogen) atoms. The van der Waals surface area contributed by atoms with Gasteiger partial charge < -0.3 is 5.11 Å². The quantitative estimate of drug-likeness (QED) is 0.811. The molecule has 1 fully saturated rings. The first-order valence-corrected chi connectivity index (χ1v) is 5.53. The molecule has 0 spiro atoms. The van der Waals surface area contributed by atoms with Crippen molar-refractivity contribution in [3.63, 3.8) is 0 Å². The Morgan fingerprint density at radius 3 is 3.00 bits per heavy atom. The minimum Gasteiger partial charge on any atom is -0.481 e. The molecule has 0 aliphatic carbocycles. The maximum absolute atomic E-state index is 10.8. The zero-order valence-electron chi connectivity index (χ0n) is 8.01. The number of thiophene rings is 1. The number of hydrogen-bond acceptors (Lipinski definition) is 3. The van der Waals surface area contributed by atoms with Crippen LogP contribution in [0.25, 0.3) is 0 Å². The molecule has 3 nitrogen and oxygen atoms in total. The largest absolute Gasteiger partial charge is 0.481 e. The summed E-state index contributed by atoms with van der Waals surface area (Å²) in [6.07, 6.45) is 0.742. The van der Waals surface area contributed by atoms with Gasteiger partial charge in [-0.3, -0.25) is 9.69 Å². The van der Waals surface area contributed by atoms with E-state index < -0.39 is 5.97 Å². The van der Waals surface area contributed by atoms with Crippen LogP contribution < -0.4 is 0 Å².